The van der Waals surface area contributed by atoms with E-state index in [2.05, 4.69) is 19.2 Å². The molecular formula is C22H29FN4O2. The van der Waals surface area contributed by atoms with Crippen LogP contribution in [0.15, 0.2) is 42.6 Å². The topological polar surface area (TPSA) is 57.6 Å². The molecule has 1 saturated carbocycles. The molecule has 29 heavy (non-hydrogen) atoms. The van der Waals surface area contributed by atoms with Crippen molar-refractivity contribution in [3.8, 4) is 0 Å². The quantitative estimate of drug-likeness (QED) is 0.732. The number of amides is 3. The van der Waals surface area contributed by atoms with Crippen LogP contribution in [0.25, 0.3) is 0 Å². The van der Waals surface area contributed by atoms with E-state index in [1.807, 2.05) is 29.9 Å². The van der Waals surface area contributed by atoms with Crippen LogP contribution in [0.4, 0.5) is 14.9 Å². The minimum absolute atomic E-state index is 0.0118. The van der Waals surface area contributed by atoms with Gasteiger partial charge in [-0.05, 0) is 43.0 Å². The average molecular weight is 400 g/mol. The summed E-state index contributed by atoms with van der Waals surface area (Å²) in [4.78, 5) is 29.2. The first kappa shape index (κ1) is 20.9. The Balaban J connectivity index is 1.70. The molecule has 3 amide bonds. The number of anilines is 1. The SMILES string of the molecule is CC(C)CN(Cc1cccn1C)C(=O)CN(C(=O)Nc1ccccc1F)C1CC1. The number of hydrogen-bond acceptors (Lipinski definition) is 2. The van der Waals surface area contributed by atoms with Crippen molar-refractivity contribution in [1.82, 2.24) is 14.4 Å². The summed E-state index contributed by atoms with van der Waals surface area (Å²) in [6.07, 6.45) is 3.67. The summed E-state index contributed by atoms with van der Waals surface area (Å²) in [6, 6.07) is 9.58. The summed E-state index contributed by atoms with van der Waals surface area (Å²) < 4.78 is 15.9. The smallest absolute Gasteiger partial charge is 0.322 e. The highest BCUT2D eigenvalue weighted by atomic mass is 19.1. The number of aromatic nitrogens is 1. The normalized spacial score (nSPS) is 13.4. The van der Waals surface area contributed by atoms with Gasteiger partial charge in [0.1, 0.15) is 12.4 Å². The van der Waals surface area contributed by atoms with E-state index in [0.29, 0.717) is 19.0 Å². The van der Waals surface area contributed by atoms with Gasteiger partial charge in [-0.25, -0.2) is 9.18 Å². The largest absolute Gasteiger partial charge is 0.353 e. The molecule has 0 spiro atoms. The summed E-state index contributed by atoms with van der Waals surface area (Å²) in [7, 11) is 1.95. The van der Waals surface area contributed by atoms with Gasteiger partial charge in [-0.3, -0.25) is 4.79 Å². The van der Waals surface area contributed by atoms with Crippen molar-refractivity contribution >= 4 is 17.6 Å². The van der Waals surface area contributed by atoms with E-state index in [4.69, 9.17) is 0 Å². The number of urea groups is 1. The number of nitrogens with zero attached hydrogens (tertiary/aromatic N) is 3. The Hall–Kier alpha value is -2.83. The van der Waals surface area contributed by atoms with Gasteiger partial charge in [0.2, 0.25) is 5.91 Å². The number of benzene rings is 1. The molecule has 0 atom stereocenters. The van der Waals surface area contributed by atoms with E-state index in [0.717, 1.165) is 18.5 Å². The molecule has 3 rings (SSSR count). The fourth-order valence-corrected chi connectivity index (χ4v) is 3.30. The molecule has 1 aliphatic carbocycles. The summed E-state index contributed by atoms with van der Waals surface area (Å²) in [5.74, 6) is -0.288. The van der Waals surface area contributed by atoms with E-state index in [9.17, 15) is 14.0 Å². The van der Waals surface area contributed by atoms with Crippen LogP contribution in [0.2, 0.25) is 0 Å². The van der Waals surface area contributed by atoms with Crippen molar-refractivity contribution in [2.24, 2.45) is 13.0 Å². The molecule has 1 N–H and O–H groups in total. The summed E-state index contributed by atoms with van der Waals surface area (Å²) in [6.45, 7) is 5.22. The fourth-order valence-electron chi connectivity index (χ4n) is 3.30. The van der Waals surface area contributed by atoms with E-state index in [1.54, 1.807) is 17.0 Å². The highest BCUT2D eigenvalue weighted by Gasteiger charge is 2.35. The summed E-state index contributed by atoms with van der Waals surface area (Å²) in [5.41, 5.74) is 1.16. The Kier molecular flexibility index (Phi) is 6.56. The van der Waals surface area contributed by atoms with Crippen LogP contribution in [0.3, 0.4) is 0 Å². The number of nitrogens with one attached hydrogen (secondary N) is 1. The predicted molar refractivity (Wildman–Crippen MR) is 111 cm³/mol. The molecule has 0 aliphatic heterocycles. The molecular weight excluding hydrogens is 371 g/mol. The van der Waals surface area contributed by atoms with Crippen LogP contribution in [0, 0.1) is 11.7 Å². The fraction of sp³-hybridized carbons (Fsp3) is 0.455. The molecule has 1 aromatic heterocycles. The molecule has 1 fully saturated rings. The first-order chi connectivity index (χ1) is 13.8. The second kappa shape index (κ2) is 9.11. The Morgan fingerprint density at radius 2 is 1.93 bits per heavy atom. The monoisotopic (exact) mass is 400 g/mol. The number of rotatable bonds is 8. The molecule has 2 aromatic rings. The van der Waals surface area contributed by atoms with Crippen molar-refractivity contribution in [3.05, 3.63) is 54.1 Å². The zero-order chi connectivity index (χ0) is 21.0. The number of hydrogen-bond donors (Lipinski definition) is 1. The van der Waals surface area contributed by atoms with Crippen LogP contribution in [-0.2, 0) is 18.4 Å². The molecule has 1 aliphatic rings. The van der Waals surface area contributed by atoms with Gasteiger partial charge >= 0.3 is 6.03 Å². The molecule has 0 unspecified atom stereocenters. The standard InChI is InChI=1S/C22H29FN4O2/c1-16(2)13-26(14-18-7-6-12-25(18)3)21(28)15-27(17-10-11-17)22(29)24-20-9-5-4-8-19(20)23/h4-9,12,16-17H,10-11,13-15H2,1-3H3,(H,24,29). The number of para-hydroxylation sites is 1. The lowest BCUT2D eigenvalue weighted by atomic mass is 10.2. The van der Waals surface area contributed by atoms with Crippen molar-refractivity contribution < 1.29 is 14.0 Å². The minimum atomic E-state index is -0.493. The van der Waals surface area contributed by atoms with Gasteiger partial charge in [-0.2, -0.15) is 0 Å². The Labute approximate surface area is 171 Å². The van der Waals surface area contributed by atoms with Crippen molar-refractivity contribution in [3.63, 3.8) is 0 Å². The van der Waals surface area contributed by atoms with Gasteiger partial charge in [-0.1, -0.05) is 26.0 Å². The first-order valence-corrected chi connectivity index (χ1v) is 10.0. The molecule has 1 aromatic carbocycles. The van der Waals surface area contributed by atoms with Crippen LogP contribution in [0.5, 0.6) is 0 Å². The third kappa shape index (κ3) is 5.59. The van der Waals surface area contributed by atoms with Crippen LogP contribution in [-0.4, -0.2) is 45.4 Å². The van der Waals surface area contributed by atoms with Gasteiger partial charge in [0.15, 0.2) is 0 Å². The number of halogens is 1. The summed E-state index contributed by atoms with van der Waals surface area (Å²) in [5, 5.41) is 2.61. The Bertz CT molecular complexity index is 860. The van der Waals surface area contributed by atoms with Crippen LogP contribution in [0.1, 0.15) is 32.4 Å². The van der Waals surface area contributed by atoms with Crippen molar-refractivity contribution in [2.75, 3.05) is 18.4 Å². The molecule has 1 heterocycles. The molecule has 0 bridgehead atoms. The third-order valence-corrected chi connectivity index (χ3v) is 5.01. The van der Waals surface area contributed by atoms with Gasteiger partial charge < -0.3 is 19.7 Å². The second-order valence-corrected chi connectivity index (χ2v) is 8.05. The minimum Gasteiger partial charge on any atom is -0.353 e. The Morgan fingerprint density at radius 3 is 2.52 bits per heavy atom. The van der Waals surface area contributed by atoms with Crippen LogP contribution < -0.4 is 5.32 Å². The molecule has 7 heteroatoms. The molecule has 156 valence electrons. The highest BCUT2D eigenvalue weighted by molar-refractivity contribution is 5.93. The number of carbonyl (C=O) groups excluding carboxylic acids is 2. The third-order valence-electron chi connectivity index (χ3n) is 5.01. The van der Waals surface area contributed by atoms with E-state index < -0.39 is 11.8 Å². The maximum Gasteiger partial charge on any atom is 0.322 e. The lowest BCUT2D eigenvalue weighted by molar-refractivity contribution is -0.133. The molecule has 6 nitrogen and oxygen atoms in total. The lowest BCUT2D eigenvalue weighted by Crippen LogP contribution is -2.46. The highest BCUT2D eigenvalue weighted by Crippen LogP contribution is 2.28. The zero-order valence-electron chi connectivity index (χ0n) is 17.3. The van der Waals surface area contributed by atoms with Crippen LogP contribution >= 0.6 is 0 Å². The molecule has 0 radical (unpaired) electrons. The second-order valence-electron chi connectivity index (χ2n) is 8.05. The van der Waals surface area contributed by atoms with Crippen molar-refractivity contribution in [2.45, 2.75) is 39.3 Å². The van der Waals surface area contributed by atoms with Gasteiger partial charge in [0.25, 0.3) is 0 Å². The number of aryl methyl sites for hydroxylation is 1. The van der Waals surface area contributed by atoms with E-state index in [1.165, 1.54) is 17.0 Å². The summed E-state index contributed by atoms with van der Waals surface area (Å²) >= 11 is 0. The maximum absolute atomic E-state index is 13.9. The molecule has 0 saturated heterocycles. The van der Waals surface area contributed by atoms with Gasteiger partial charge in [-0.15, -0.1) is 0 Å². The van der Waals surface area contributed by atoms with Crippen molar-refractivity contribution in [1.29, 1.82) is 0 Å². The van der Waals surface area contributed by atoms with Gasteiger partial charge in [0.05, 0.1) is 12.2 Å². The van der Waals surface area contributed by atoms with E-state index >= 15 is 0 Å². The van der Waals surface area contributed by atoms with Gasteiger partial charge in [0, 0.05) is 31.5 Å². The predicted octanol–water partition coefficient (Wildman–Crippen LogP) is 3.85. The lowest BCUT2D eigenvalue weighted by Gasteiger charge is -2.29. The average Bonchev–Trinajstić information content (AvgIpc) is 3.43. The zero-order valence-corrected chi connectivity index (χ0v) is 17.3. The Morgan fingerprint density at radius 1 is 1.21 bits per heavy atom. The number of carbonyl (C=O) groups is 2. The maximum atomic E-state index is 13.9. The van der Waals surface area contributed by atoms with E-state index in [-0.39, 0.29) is 24.2 Å². The first-order valence-electron chi connectivity index (χ1n) is 10.0.